The van der Waals surface area contributed by atoms with Gasteiger partial charge in [0, 0.05) is 24.4 Å². The molecule has 11 nitrogen and oxygen atoms in total. The van der Waals surface area contributed by atoms with Crippen LogP contribution in [0.5, 0.6) is 5.75 Å². The summed E-state index contributed by atoms with van der Waals surface area (Å²) in [5.74, 6) is -0.760. The molecular formula is C21H18F3N7O4. The van der Waals surface area contributed by atoms with Gasteiger partial charge in [-0.2, -0.15) is 23.4 Å². The number of aryl methyl sites for hydroxylation is 2. The standard InChI is InChI=1S/C21H18F3N7O4/c1-4-29-10-13(11(2)27-29)15-8-18(21(22,23)24)30-19(25-15)9-16(28-30)20(32)26-14-6-5-12(35-3)7-17(14)31(33)34/h5-10H,4H2,1-3H3,(H,26,32). The van der Waals surface area contributed by atoms with Crippen molar-refractivity contribution in [3.8, 4) is 17.0 Å². The number of nitrogens with one attached hydrogen (secondary N) is 1. The first-order valence-corrected chi connectivity index (χ1v) is 10.2. The molecule has 0 fully saturated rings. The summed E-state index contributed by atoms with van der Waals surface area (Å²) < 4.78 is 48.6. The van der Waals surface area contributed by atoms with Crippen molar-refractivity contribution in [2.24, 2.45) is 0 Å². The first kappa shape index (κ1) is 23.7. The Labute approximate surface area is 195 Å². The molecule has 0 aliphatic carbocycles. The second-order valence-corrected chi connectivity index (χ2v) is 7.40. The van der Waals surface area contributed by atoms with Crippen LogP contribution in [0.4, 0.5) is 24.5 Å². The number of anilines is 1. The number of halogens is 3. The van der Waals surface area contributed by atoms with E-state index in [0.717, 1.165) is 18.2 Å². The van der Waals surface area contributed by atoms with Gasteiger partial charge in [0.05, 0.1) is 29.5 Å². The summed E-state index contributed by atoms with van der Waals surface area (Å²) in [5, 5.41) is 21.7. The number of nitro groups is 1. The van der Waals surface area contributed by atoms with Gasteiger partial charge in [-0.25, -0.2) is 9.50 Å². The van der Waals surface area contributed by atoms with Crippen LogP contribution in [0.1, 0.15) is 28.8 Å². The van der Waals surface area contributed by atoms with Crippen LogP contribution in [0.3, 0.4) is 0 Å². The summed E-state index contributed by atoms with van der Waals surface area (Å²) in [5.41, 5.74) is -1.51. The van der Waals surface area contributed by atoms with Gasteiger partial charge >= 0.3 is 6.18 Å². The number of amides is 1. The lowest BCUT2D eigenvalue weighted by Crippen LogP contribution is -2.16. The van der Waals surface area contributed by atoms with E-state index in [4.69, 9.17) is 4.74 Å². The number of nitrogens with zero attached hydrogens (tertiary/aromatic N) is 6. The Kier molecular flexibility index (Phi) is 5.88. The number of carbonyl (C=O) groups excluding carboxylic acids is 1. The van der Waals surface area contributed by atoms with Crippen molar-refractivity contribution >= 4 is 22.9 Å². The molecule has 1 aromatic carbocycles. The second kappa shape index (κ2) is 8.70. The second-order valence-electron chi connectivity index (χ2n) is 7.40. The fraction of sp³-hybridized carbons (Fsp3) is 0.238. The van der Waals surface area contributed by atoms with E-state index >= 15 is 0 Å². The highest BCUT2D eigenvalue weighted by molar-refractivity contribution is 6.04. The molecule has 0 aliphatic rings. The summed E-state index contributed by atoms with van der Waals surface area (Å²) in [6, 6.07) is 5.65. The molecule has 35 heavy (non-hydrogen) atoms. The molecule has 14 heteroatoms. The van der Waals surface area contributed by atoms with Crippen LogP contribution < -0.4 is 10.1 Å². The minimum absolute atomic E-state index is 0.0136. The minimum Gasteiger partial charge on any atom is -0.496 e. The van der Waals surface area contributed by atoms with Crippen LogP contribution >= 0.6 is 0 Å². The highest BCUT2D eigenvalue weighted by Crippen LogP contribution is 2.33. The molecule has 1 amide bonds. The molecule has 0 unspecified atom stereocenters. The van der Waals surface area contributed by atoms with Crippen molar-refractivity contribution in [1.82, 2.24) is 24.4 Å². The Morgan fingerprint density at radius 2 is 1.97 bits per heavy atom. The van der Waals surface area contributed by atoms with Crippen LogP contribution in [-0.4, -0.2) is 42.3 Å². The largest absolute Gasteiger partial charge is 0.496 e. The monoisotopic (exact) mass is 489 g/mol. The molecule has 4 rings (SSSR count). The average Bonchev–Trinajstić information content (AvgIpc) is 3.41. The highest BCUT2D eigenvalue weighted by atomic mass is 19.4. The van der Waals surface area contributed by atoms with Crippen LogP contribution in [0.15, 0.2) is 36.5 Å². The van der Waals surface area contributed by atoms with Gasteiger partial charge in [0.2, 0.25) is 0 Å². The topological polar surface area (TPSA) is 129 Å². The molecule has 0 saturated heterocycles. The highest BCUT2D eigenvalue weighted by Gasteiger charge is 2.36. The molecule has 0 aliphatic heterocycles. The number of fused-ring (bicyclic) bond motifs is 1. The van der Waals surface area contributed by atoms with Gasteiger partial charge in [-0.3, -0.25) is 19.6 Å². The minimum atomic E-state index is -4.81. The van der Waals surface area contributed by atoms with E-state index in [9.17, 15) is 28.1 Å². The van der Waals surface area contributed by atoms with Gasteiger partial charge in [0.1, 0.15) is 11.4 Å². The number of benzene rings is 1. The first-order valence-electron chi connectivity index (χ1n) is 10.2. The summed E-state index contributed by atoms with van der Waals surface area (Å²) in [4.78, 5) is 27.6. The van der Waals surface area contributed by atoms with E-state index < -0.39 is 34.1 Å². The summed E-state index contributed by atoms with van der Waals surface area (Å²) >= 11 is 0. The zero-order valence-electron chi connectivity index (χ0n) is 18.6. The third kappa shape index (κ3) is 4.49. The van der Waals surface area contributed by atoms with Gasteiger partial charge in [-0.1, -0.05) is 0 Å². The fourth-order valence-electron chi connectivity index (χ4n) is 3.44. The van der Waals surface area contributed by atoms with E-state index in [1.165, 1.54) is 19.2 Å². The van der Waals surface area contributed by atoms with Crippen LogP contribution in [-0.2, 0) is 12.7 Å². The summed E-state index contributed by atoms with van der Waals surface area (Å²) in [7, 11) is 1.32. The van der Waals surface area contributed by atoms with Crippen molar-refractivity contribution in [3.05, 3.63) is 63.7 Å². The molecule has 0 spiro atoms. The number of hydrogen-bond donors (Lipinski definition) is 1. The number of ether oxygens (including phenoxy) is 1. The van der Waals surface area contributed by atoms with E-state index in [2.05, 4.69) is 20.5 Å². The fourth-order valence-corrected chi connectivity index (χ4v) is 3.44. The molecule has 0 radical (unpaired) electrons. The quantitative estimate of drug-likeness (QED) is 0.319. The molecule has 3 heterocycles. The maximum Gasteiger partial charge on any atom is 0.433 e. The SMILES string of the molecule is CCn1cc(-c2cc(C(F)(F)F)n3nc(C(=O)Nc4ccc(OC)cc4[N+](=O)[O-])cc3n2)c(C)n1. The maximum atomic E-state index is 13.9. The van der Waals surface area contributed by atoms with Crippen molar-refractivity contribution in [2.45, 2.75) is 26.6 Å². The van der Waals surface area contributed by atoms with Crippen LogP contribution in [0.25, 0.3) is 16.9 Å². The smallest absolute Gasteiger partial charge is 0.433 e. The first-order chi connectivity index (χ1) is 16.5. The van der Waals surface area contributed by atoms with E-state index in [0.29, 0.717) is 22.3 Å². The average molecular weight is 489 g/mol. The summed E-state index contributed by atoms with van der Waals surface area (Å²) in [6.45, 7) is 4.00. The zero-order valence-corrected chi connectivity index (χ0v) is 18.6. The number of aromatic nitrogens is 5. The van der Waals surface area contributed by atoms with Gasteiger partial charge in [-0.05, 0) is 32.0 Å². The van der Waals surface area contributed by atoms with E-state index in [-0.39, 0.29) is 22.8 Å². The Bertz CT molecular complexity index is 1460. The molecule has 0 bridgehead atoms. The van der Waals surface area contributed by atoms with Crippen molar-refractivity contribution < 1.29 is 27.6 Å². The van der Waals surface area contributed by atoms with Crippen molar-refractivity contribution in [3.63, 3.8) is 0 Å². The Hall–Kier alpha value is -4.49. The van der Waals surface area contributed by atoms with Crippen molar-refractivity contribution in [1.29, 1.82) is 0 Å². The third-order valence-corrected chi connectivity index (χ3v) is 5.15. The lowest BCUT2D eigenvalue weighted by atomic mass is 10.1. The normalized spacial score (nSPS) is 11.6. The van der Waals surface area contributed by atoms with Gasteiger partial charge in [0.25, 0.3) is 11.6 Å². The molecule has 182 valence electrons. The molecule has 4 aromatic rings. The lowest BCUT2D eigenvalue weighted by Gasteiger charge is -2.10. The molecule has 3 aromatic heterocycles. The van der Waals surface area contributed by atoms with Gasteiger partial charge in [0.15, 0.2) is 17.0 Å². The molecule has 0 atom stereocenters. The predicted molar refractivity (Wildman–Crippen MR) is 117 cm³/mol. The number of alkyl halides is 3. The maximum absolute atomic E-state index is 13.9. The van der Waals surface area contributed by atoms with Gasteiger partial charge in [-0.15, -0.1) is 0 Å². The van der Waals surface area contributed by atoms with E-state index in [1.807, 2.05) is 6.92 Å². The van der Waals surface area contributed by atoms with Gasteiger partial charge < -0.3 is 10.1 Å². The van der Waals surface area contributed by atoms with Crippen LogP contribution in [0.2, 0.25) is 0 Å². The number of methoxy groups -OCH3 is 1. The van der Waals surface area contributed by atoms with E-state index in [1.54, 1.807) is 17.8 Å². The molecule has 1 N–H and O–H groups in total. The number of hydrogen-bond acceptors (Lipinski definition) is 7. The molecule has 0 saturated carbocycles. The Balaban J connectivity index is 1.78. The molecular weight excluding hydrogens is 471 g/mol. The summed E-state index contributed by atoms with van der Waals surface area (Å²) in [6.07, 6.45) is -3.22. The lowest BCUT2D eigenvalue weighted by molar-refractivity contribution is -0.384. The third-order valence-electron chi connectivity index (χ3n) is 5.15. The zero-order chi connectivity index (χ0) is 25.5. The Morgan fingerprint density at radius 1 is 1.23 bits per heavy atom. The number of rotatable bonds is 6. The number of carbonyl (C=O) groups is 1. The Morgan fingerprint density at radius 3 is 2.57 bits per heavy atom. The number of nitro benzene ring substituents is 1. The van der Waals surface area contributed by atoms with Crippen molar-refractivity contribution in [2.75, 3.05) is 12.4 Å². The van der Waals surface area contributed by atoms with Crippen LogP contribution in [0, 0.1) is 17.0 Å². The predicted octanol–water partition coefficient (Wildman–Crippen LogP) is 4.11.